The predicted molar refractivity (Wildman–Crippen MR) is 177 cm³/mol. The van der Waals surface area contributed by atoms with E-state index in [4.69, 9.17) is 4.74 Å². The molecule has 242 valence electrons. The molecule has 0 saturated carbocycles. The molecule has 0 aromatic heterocycles. The van der Waals surface area contributed by atoms with Crippen molar-refractivity contribution in [1.29, 1.82) is 0 Å². The molecular weight excluding hydrogens is 673 g/mol. The fraction of sp³-hybridized carbons (Fsp3) is 0. The van der Waals surface area contributed by atoms with E-state index in [1.54, 1.807) is 24.3 Å². The summed E-state index contributed by atoms with van der Waals surface area (Å²) >= 11 is 0. The summed E-state index contributed by atoms with van der Waals surface area (Å²) in [5.41, 5.74) is 1.38. The lowest BCUT2D eigenvalue weighted by molar-refractivity contribution is 0.474. The summed E-state index contributed by atoms with van der Waals surface area (Å²) < 4.78 is 84.0. The first kappa shape index (κ1) is 32.5. The van der Waals surface area contributed by atoms with Gasteiger partial charge in [0.1, 0.15) is 23.0 Å². The Bertz CT molecular complexity index is 2410. The summed E-state index contributed by atoms with van der Waals surface area (Å²) in [5, 5.41) is 18.9. The second-order valence-corrected chi connectivity index (χ2v) is 16.4. The lowest BCUT2D eigenvalue weighted by Crippen LogP contribution is -2.02. The van der Waals surface area contributed by atoms with Crippen LogP contribution in [0.25, 0.3) is 11.1 Å². The Hall–Kier alpha value is -5.43. The Labute approximate surface area is 277 Å². The van der Waals surface area contributed by atoms with Gasteiger partial charge < -0.3 is 14.9 Å². The molecule has 0 aliphatic carbocycles. The van der Waals surface area contributed by atoms with Gasteiger partial charge in [0.05, 0.1) is 29.4 Å². The van der Waals surface area contributed by atoms with Crippen molar-refractivity contribution in [3.8, 4) is 34.1 Å². The highest BCUT2D eigenvalue weighted by molar-refractivity contribution is 7.92. The van der Waals surface area contributed by atoms with Crippen LogP contribution in [-0.2, 0) is 29.5 Å². The summed E-state index contributed by atoms with van der Waals surface area (Å²) in [7, 11) is -11.4. The van der Waals surface area contributed by atoms with Gasteiger partial charge in [-0.15, -0.1) is 0 Å². The fourth-order valence-electron chi connectivity index (χ4n) is 4.82. The summed E-state index contributed by atoms with van der Waals surface area (Å²) in [4.78, 5) is 0.327. The molecule has 0 amide bonds. The lowest BCUT2D eigenvalue weighted by atomic mass is 10.1. The van der Waals surface area contributed by atoms with E-state index in [1.165, 1.54) is 121 Å². The molecule has 6 aromatic carbocycles. The molecule has 6 rings (SSSR count). The van der Waals surface area contributed by atoms with E-state index in [2.05, 4.69) is 0 Å². The standard InChI is InChI=1S/C36H26O9S3/c37-27-5-17-33(18-6-27)46(39,40)31-13-1-25(2-14-31)26-3-15-32(16-4-26)47(41,42)35-21-9-29(10-22-35)45-30-11-23-36(24-12-30)48(43,44)34-19-7-28(38)8-20-34/h1-24,37-38H. The van der Waals surface area contributed by atoms with Gasteiger partial charge in [-0.3, -0.25) is 0 Å². The van der Waals surface area contributed by atoms with Crippen molar-refractivity contribution >= 4 is 29.5 Å². The zero-order valence-electron chi connectivity index (χ0n) is 24.8. The number of ether oxygens (including phenoxy) is 1. The average molecular weight is 699 g/mol. The maximum absolute atomic E-state index is 13.3. The third-order valence-electron chi connectivity index (χ3n) is 7.46. The van der Waals surface area contributed by atoms with Crippen molar-refractivity contribution in [3.63, 3.8) is 0 Å². The molecule has 0 heterocycles. The van der Waals surface area contributed by atoms with E-state index in [0.29, 0.717) is 22.6 Å². The number of benzene rings is 6. The smallest absolute Gasteiger partial charge is 0.206 e. The van der Waals surface area contributed by atoms with Crippen molar-refractivity contribution in [2.75, 3.05) is 0 Å². The molecule has 0 bridgehead atoms. The predicted octanol–water partition coefficient (Wildman–Crippen LogP) is 7.06. The molecule has 0 aliphatic heterocycles. The van der Waals surface area contributed by atoms with Crippen LogP contribution >= 0.6 is 0 Å². The van der Waals surface area contributed by atoms with Gasteiger partial charge in [-0.05, 0) is 132 Å². The first-order valence-corrected chi connectivity index (χ1v) is 18.7. The largest absolute Gasteiger partial charge is 0.508 e. The third kappa shape index (κ3) is 6.54. The molecule has 0 spiro atoms. The van der Waals surface area contributed by atoms with Crippen LogP contribution < -0.4 is 4.74 Å². The van der Waals surface area contributed by atoms with E-state index in [0.717, 1.165) is 0 Å². The van der Waals surface area contributed by atoms with E-state index < -0.39 is 29.5 Å². The first-order valence-electron chi connectivity index (χ1n) is 14.3. The van der Waals surface area contributed by atoms with Crippen LogP contribution in [0.1, 0.15) is 0 Å². The van der Waals surface area contributed by atoms with Crippen molar-refractivity contribution in [2.45, 2.75) is 29.4 Å². The van der Waals surface area contributed by atoms with Gasteiger partial charge in [0.15, 0.2) is 0 Å². The number of phenols is 2. The molecule has 12 heteroatoms. The topological polar surface area (TPSA) is 152 Å². The number of hydrogen-bond donors (Lipinski definition) is 2. The molecule has 9 nitrogen and oxygen atoms in total. The normalized spacial score (nSPS) is 12.0. The number of phenolic OH excluding ortho intramolecular Hbond substituents is 2. The Morgan fingerprint density at radius 2 is 0.521 bits per heavy atom. The molecule has 6 aromatic rings. The highest BCUT2D eigenvalue weighted by atomic mass is 32.2. The van der Waals surface area contributed by atoms with Crippen LogP contribution in [-0.4, -0.2) is 35.5 Å². The number of rotatable bonds is 9. The van der Waals surface area contributed by atoms with Crippen LogP contribution in [0.3, 0.4) is 0 Å². The Balaban J connectivity index is 1.13. The summed E-state index contributed by atoms with van der Waals surface area (Å²) in [6, 6.07) is 34.5. The van der Waals surface area contributed by atoms with Crippen LogP contribution in [0.4, 0.5) is 0 Å². The molecule has 0 radical (unpaired) electrons. The van der Waals surface area contributed by atoms with Gasteiger partial charge in [-0.2, -0.15) is 0 Å². The van der Waals surface area contributed by atoms with Crippen LogP contribution in [0.15, 0.2) is 175 Å². The Morgan fingerprint density at radius 1 is 0.312 bits per heavy atom. The summed E-state index contributed by atoms with van der Waals surface area (Å²) in [6.45, 7) is 0. The maximum atomic E-state index is 13.3. The third-order valence-corrected chi connectivity index (χ3v) is 12.8. The van der Waals surface area contributed by atoms with Crippen LogP contribution in [0.2, 0.25) is 0 Å². The van der Waals surface area contributed by atoms with Gasteiger partial charge in [0.2, 0.25) is 29.5 Å². The second kappa shape index (κ2) is 12.6. The van der Waals surface area contributed by atoms with Crippen molar-refractivity contribution in [1.82, 2.24) is 0 Å². The molecule has 48 heavy (non-hydrogen) atoms. The minimum atomic E-state index is -3.87. The van der Waals surface area contributed by atoms with Gasteiger partial charge in [0.25, 0.3) is 0 Å². The van der Waals surface area contributed by atoms with Crippen molar-refractivity contribution < 1.29 is 40.2 Å². The molecule has 0 atom stereocenters. The fourth-order valence-corrected chi connectivity index (χ4v) is 8.60. The van der Waals surface area contributed by atoms with Gasteiger partial charge in [0, 0.05) is 0 Å². The Morgan fingerprint density at radius 3 is 0.771 bits per heavy atom. The molecule has 0 unspecified atom stereocenters. The summed E-state index contributed by atoms with van der Waals surface area (Å²) in [6.07, 6.45) is 0. The summed E-state index contributed by atoms with van der Waals surface area (Å²) in [5.74, 6) is 0.606. The molecule has 0 aliphatic rings. The Kier molecular flexibility index (Phi) is 8.56. The minimum absolute atomic E-state index is 0.0369. The quantitative estimate of drug-likeness (QED) is 0.162. The van der Waals surface area contributed by atoms with Crippen LogP contribution in [0.5, 0.6) is 23.0 Å². The van der Waals surface area contributed by atoms with Crippen molar-refractivity contribution in [3.05, 3.63) is 146 Å². The van der Waals surface area contributed by atoms with Gasteiger partial charge in [-0.25, -0.2) is 25.3 Å². The van der Waals surface area contributed by atoms with E-state index in [-0.39, 0.29) is 40.9 Å². The molecule has 0 saturated heterocycles. The molecular formula is C36H26O9S3. The highest BCUT2D eigenvalue weighted by Crippen LogP contribution is 2.31. The average Bonchev–Trinajstić information content (AvgIpc) is 3.09. The van der Waals surface area contributed by atoms with Gasteiger partial charge in [-0.1, -0.05) is 24.3 Å². The number of aromatic hydroxyl groups is 2. The zero-order chi connectivity index (χ0) is 34.1. The SMILES string of the molecule is O=S(=O)(c1ccc(O)cc1)c1ccc(Oc2ccc(S(=O)(=O)c3ccc(-c4ccc(S(=O)(=O)c5ccc(O)cc5)cc4)cc3)cc2)cc1. The van der Waals surface area contributed by atoms with Gasteiger partial charge >= 0.3 is 0 Å². The minimum Gasteiger partial charge on any atom is -0.508 e. The lowest BCUT2D eigenvalue weighted by Gasteiger charge is -2.10. The highest BCUT2D eigenvalue weighted by Gasteiger charge is 2.20. The van der Waals surface area contributed by atoms with Crippen molar-refractivity contribution in [2.24, 2.45) is 0 Å². The number of sulfone groups is 3. The monoisotopic (exact) mass is 698 g/mol. The molecule has 2 N–H and O–H groups in total. The zero-order valence-corrected chi connectivity index (χ0v) is 27.3. The van der Waals surface area contributed by atoms with Crippen LogP contribution in [0, 0.1) is 0 Å². The second-order valence-electron chi connectivity index (χ2n) is 10.6. The van der Waals surface area contributed by atoms with E-state index >= 15 is 0 Å². The first-order chi connectivity index (χ1) is 22.8. The molecule has 0 fully saturated rings. The number of hydrogen-bond acceptors (Lipinski definition) is 9. The van der Waals surface area contributed by atoms with E-state index in [9.17, 15) is 35.5 Å². The maximum Gasteiger partial charge on any atom is 0.206 e. The van der Waals surface area contributed by atoms with E-state index in [1.807, 2.05) is 0 Å².